The van der Waals surface area contributed by atoms with E-state index in [0.29, 0.717) is 0 Å². The topological polar surface area (TPSA) is 3.24 Å². The Morgan fingerprint density at radius 3 is 1.95 bits per heavy atom. The number of fused-ring (bicyclic) bond motifs is 2. The van der Waals surface area contributed by atoms with Crippen LogP contribution in [-0.2, 0) is 6.42 Å². The third-order valence-corrected chi connectivity index (χ3v) is 5.46. The van der Waals surface area contributed by atoms with Crippen LogP contribution in [-0.4, -0.2) is 13.1 Å². The first-order chi connectivity index (χ1) is 10.4. The van der Waals surface area contributed by atoms with Crippen LogP contribution in [0.1, 0.15) is 18.4 Å². The fraction of sp³-hybridized carbons (Fsp3) is 0.400. The van der Waals surface area contributed by atoms with Crippen molar-refractivity contribution in [3.63, 3.8) is 0 Å². The van der Waals surface area contributed by atoms with Crippen molar-refractivity contribution in [3.8, 4) is 0 Å². The summed E-state index contributed by atoms with van der Waals surface area (Å²) in [4.78, 5) is 2.61. The molecule has 1 saturated heterocycles. The molecule has 0 N–H and O–H groups in total. The Balaban J connectivity index is 1.49. The van der Waals surface area contributed by atoms with E-state index in [1.165, 1.54) is 43.6 Å². The molecule has 2 bridgehead atoms. The summed E-state index contributed by atoms with van der Waals surface area (Å²) in [6.45, 7) is 2.50. The average molecular weight is 277 g/mol. The Labute approximate surface area is 127 Å². The van der Waals surface area contributed by atoms with Crippen LogP contribution in [0.4, 0.5) is 5.69 Å². The molecule has 0 aromatic heterocycles. The molecular weight excluding hydrogens is 254 g/mol. The van der Waals surface area contributed by atoms with E-state index in [1.54, 1.807) is 0 Å². The van der Waals surface area contributed by atoms with E-state index in [2.05, 4.69) is 65.6 Å². The number of piperidine rings is 1. The number of hydrogen-bond donors (Lipinski definition) is 0. The Morgan fingerprint density at radius 2 is 1.33 bits per heavy atom. The van der Waals surface area contributed by atoms with Crippen molar-refractivity contribution in [2.45, 2.75) is 19.3 Å². The lowest BCUT2D eigenvalue weighted by Crippen LogP contribution is -2.42. The summed E-state index contributed by atoms with van der Waals surface area (Å²) in [6.07, 6.45) is 4.12. The number of anilines is 1. The molecule has 1 nitrogen and oxygen atoms in total. The predicted molar refractivity (Wildman–Crippen MR) is 88.5 cm³/mol. The molecule has 2 fully saturated rings. The van der Waals surface area contributed by atoms with Crippen molar-refractivity contribution >= 4 is 5.69 Å². The van der Waals surface area contributed by atoms with Crippen LogP contribution in [0.3, 0.4) is 0 Å². The van der Waals surface area contributed by atoms with E-state index < -0.39 is 0 Å². The molecule has 2 unspecified atom stereocenters. The van der Waals surface area contributed by atoms with Crippen LogP contribution in [0.15, 0.2) is 60.7 Å². The van der Waals surface area contributed by atoms with Gasteiger partial charge in [-0.2, -0.15) is 0 Å². The van der Waals surface area contributed by atoms with Crippen molar-refractivity contribution in [2.24, 2.45) is 17.8 Å². The van der Waals surface area contributed by atoms with Gasteiger partial charge in [-0.25, -0.2) is 0 Å². The molecule has 2 aliphatic rings. The Kier molecular flexibility index (Phi) is 3.42. The van der Waals surface area contributed by atoms with Gasteiger partial charge in [0.2, 0.25) is 0 Å². The first-order valence-corrected chi connectivity index (χ1v) is 8.24. The molecule has 4 rings (SSSR count). The highest BCUT2D eigenvalue weighted by atomic mass is 15.1. The van der Waals surface area contributed by atoms with Crippen LogP contribution in [0.2, 0.25) is 0 Å². The normalized spacial score (nSPS) is 27.8. The molecule has 0 radical (unpaired) electrons. The molecule has 2 atom stereocenters. The predicted octanol–water partition coefficient (Wildman–Crippen LogP) is 4.39. The lowest BCUT2D eigenvalue weighted by atomic mass is 9.80. The van der Waals surface area contributed by atoms with Crippen LogP contribution < -0.4 is 4.90 Å². The second-order valence-corrected chi connectivity index (χ2v) is 6.69. The lowest BCUT2D eigenvalue weighted by Gasteiger charge is -2.39. The Hall–Kier alpha value is -1.76. The van der Waals surface area contributed by atoms with E-state index in [4.69, 9.17) is 0 Å². The molecule has 108 valence electrons. The largest absolute Gasteiger partial charge is 0.371 e. The fourth-order valence-electron chi connectivity index (χ4n) is 4.40. The van der Waals surface area contributed by atoms with Crippen LogP contribution in [0.25, 0.3) is 0 Å². The third-order valence-electron chi connectivity index (χ3n) is 5.46. The molecule has 2 aromatic rings. The highest BCUT2D eigenvalue weighted by Gasteiger charge is 2.41. The summed E-state index contributed by atoms with van der Waals surface area (Å²) in [6, 6.07) is 22.0. The maximum atomic E-state index is 2.61. The van der Waals surface area contributed by atoms with E-state index in [-0.39, 0.29) is 0 Å². The highest BCUT2D eigenvalue weighted by molar-refractivity contribution is 5.47. The van der Waals surface area contributed by atoms with Crippen LogP contribution in [0, 0.1) is 17.8 Å². The van der Waals surface area contributed by atoms with Crippen molar-refractivity contribution in [3.05, 3.63) is 66.2 Å². The highest BCUT2D eigenvalue weighted by Crippen LogP contribution is 2.44. The average Bonchev–Trinajstić information content (AvgIpc) is 2.78. The van der Waals surface area contributed by atoms with Crippen LogP contribution in [0.5, 0.6) is 0 Å². The molecule has 2 aromatic carbocycles. The standard InChI is InChI=1S/C20H23N/c1-3-7-16(8-4-1)13-20-17-11-12-18(20)15-21(14-17)19-9-5-2-6-10-19/h1-10,17-18,20H,11-15H2. The third kappa shape index (κ3) is 2.57. The van der Waals surface area contributed by atoms with Crippen LogP contribution >= 0.6 is 0 Å². The summed E-state index contributed by atoms with van der Waals surface area (Å²) < 4.78 is 0. The van der Waals surface area contributed by atoms with E-state index in [1.807, 2.05) is 0 Å². The van der Waals surface area contributed by atoms with E-state index in [0.717, 1.165) is 17.8 Å². The summed E-state index contributed by atoms with van der Waals surface area (Å²) >= 11 is 0. The van der Waals surface area contributed by atoms with Crippen molar-refractivity contribution in [2.75, 3.05) is 18.0 Å². The second kappa shape index (κ2) is 5.55. The molecular formula is C20H23N. The van der Waals surface area contributed by atoms with Gasteiger partial charge in [-0.1, -0.05) is 48.5 Å². The first-order valence-electron chi connectivity index (χ1n) is 8.24. The zero-order valence-corrected chi connectivity index (χ0v) is 12.5. The van der Waals surface area contributed by atoms with Gasteiger partial charge < -0.3 is 4.90 Å². The maximum Gasteiger partial charge on any atom is 0.0366 e. The zero-order valence-electron chi connectivity index (χ0n) is 12.5. The smallest absolute Gasteiger partial charge is 0.0366 e. The monoisotopic (exact) mass is 277 g/mol. The molecule has 1 heterocycles. The molecule has 0 amide bonds. The lowest BCUT2D eigenvalue weighted by molar-refractivity contribution is 0.269. The maximum absolute atomic E-state index is 2.61. The Bertz CT molecular complexity index is 563. The SMILES string of the molecule is c1ccc(CC2C3CCC2CN(c2ccccc2)C3)cc1. The Morgan fingerprint density at radius 1 is 0.762 bits per heavy atom. The number of para-hydroxylation sites is 1. The minimum Gasteiger partial charge on any atom is -0.371 e. The van der Waals surface area contributed by atoms with Crippen molar-refractivity contribution in [1.29, 1.82) is 0 Å². The van der Waals surface area contributed by atoms with Gasteiger partial charge >= 0.3 is 0 Å². The minimum absolute atomic E-state index is 0.879. The molecule has 1 aliphatic heterocycles. The number of hydrogen-bond acceptors (Lipinski definition) is 1. The van der Waals surface area contributed by atoms with Gasteiger partial charge in [0.05, 0.1) is 0 Å². The molecule has 1 aliphatic carbocycles. The first kappa shape index (κ1) is 12.9. The van der Waals surface area contributed by atoms with E-state index in [9.17, 15) is 0 Å². The number of rotatable bonds is 3. The quantitative estimate of drug-likeness (QED) is 0.804. The summed E-state index contributed by atoms with van der Waals surface area (Å²) in [5.41, 5.74) is 2.93. The summed E-state index contributed by atoms with van der Waals surface area (Å²) in [5.74, 6) is 2.65. The van der Waals surface area contributed by atoms with Gasteiger partial charge in [-0.05, 0) is 54.7 Å². The van der Waals surface area contributed by atoms with Crippen molar-refractivity contribution in [1.82, 2.24) is 0 Å². The van der Waals surface area contributed by atoms with Crippen molar-refractivity contribution < 1.29 is 0 Å². The molecule has 21 heavy (non-hydrogen) atoms. The minimum atomic E-state index is 0.879. The molecule has 1 heteroatoms. The summed E-state index contributed by atoms with van der Waals surface area (Å²) in [7, 11) is 0. The van der Waals surface area contributed by atoms with E-state index >= 15 is 0 Å². The molecule has 1 saturated carbocycles. The van der Waals surface area contributed by atoms with Gasteiger partial charge in [0.1, 0.15) is 0 Å². The summed E-state index contributed by atoms with van der Waals surface area (Å²) in [5, 5.41) is 0. The van der Waals surface area contributed by atoms with Gasteiger partial charge in [0, 0.05) is 18.8 Å². The van der Waals surface area contributed by atoms with Gasteiger partial charge in [0.15, 0.2) is 0 Å². The van der Waals surface area contributed by atoms with Gasteiger partial charge in [-0.15, -0.1) is 0 Å². The number of nitrogens with zero attached hydrogens (tertiary/aromatic N) is 1. The molecule has 0 spiro atoms. The number of benzene rings is 2. The fourth-order valence-corrected chi connectivity index (χ4v) is 4.40. The van der Waals surface area contributed by atoms with Gasteiger partial charge in [-0.3, -0.25) is 0 Å². The second-order valence-electron chi connectivity index (χ2n) is 6.69. The zero-order chi connectivity index (χ0) is 14.1. The van der Waals surface area contributed by atoms with Gasteiger partial charge in [0.25, 0.3) is 0 Å².